The van der Waals surface area contributed by atoms with Crippen molar-refractivity contribution in [3.63, 3.8) is 0 Å². The molecule has 0 saturated heterocycles. The Bertz CT molecular complexity index is 995. The number of amides is 1. The lowest BCUT2D eigenvalue weighted by Gasteiger charge is -2.09. The Morgan fingerprint density at radius 1 is 1.15 bits per heavy atom. The Morgan fingerprint density at radius 2 is 1.96 bits per heavy atom. The van der Waals surface area contributed by atoms with E-state index in [0.717, 1.165) is 11.1 Å². The van der Waals surface area contributed by atoms with Crippen LogP contribution < -0.4 is 20.3 Å². The van der Waals surface area contributed by atoms with E-state index in [1.165, 1.54) is 6.20 Å². The van der Waals surface area contributed by atoms with Crippen LogP contribution in [-0.4, -0.2) is 30.5 Å². The number of anilines is 1. The van der Waals surface area contributed by atoms with Crippen molar-refractivity contribution >= 4 is 36.6 Å². The molecule has 3 aromatic rings. The van der Waals surface area contributed by atoms with Crippen molar-refractivity contribution in [2.75, 3.05) is 12.1 Å². The van der Waals surface area contributed by atoms with Crippen molar-refractivity contribution < 1.29 is 14.3 Å². The maximum atomic E-state index is 12.2. The Morgan fingerprint density at radius 3 is 2.69 bits per heavy atom. The average Bonchev–Trinajstić information content (AvgIpc) is 3.09. The molecule has 8 heteroatoms. The van der Waals surface area contributed by atoms with Gasteiger partial charge in [-0.1, -0.05) is 17.1 Å². The second-order valence-corrected chi connectivity index (χ2v) is 5.92. The molecule has 1 aliphatic heterocycles. The zero-order valence-electron chi connectivity index (χ0n) is 13.4. The molecule has 4 rings (SSSR count). The minimum absolute atomic E-state index is 0.139. The van der Waals surface area contributed by atoms with Crippen molar-refractivity contribution in [1.29, 1.82) is 0 Å². The van der Waals surface area contributed by atoms with Crippen molar-refractivity contribution in [3.05, 3.63) is 59.5 Å². The normalized spacial score (nSPS) is 12.0. The van der Waals surface area contributed by atoms with Gasteiger partial charge in [-0.05, 0) is 47.5 Å². The molecule has 0 aliphatic carbocycles. The molecular formula is C18H11BClN3O3. The van der Waals surface area contributed by atoms with Gasteiger partial charge in [0.05, 0.1) is 5.02 Å². The van der Waals surface area contributed by atoms with Gasteiger partial charge in [0, 0.05) is 12.4 Å². The molecule has 1 amide bonds. The van der Waals surface area contributed by atoms with Gasteiger partial charge in [0.25, 0.3) is 5.91 Å². The van der Waals surface area contributed by atoms with Crippen LogP contribution >= 0.6 is 11.6 Å². The molecule has 1 N–H and O–H groups in total. The van der Waals surface area contributed by atoms with Gasteiger partial charge in [0.2, 0.25) is 6.79 Å². The van der Waals surface area contributed by atoms with E-state index in [2.05, 4.69) is 15.3 Å². The van der Waals surface area contributed by atoms with Gasteiger partial charge in [-0.2, -0.15) is 0 Å². The number of carbonyl (C=O) groups is 1. The predicted octanol–water partition coefficient (Wildman–Crippen LogP) is 2.57. The monoisotopic (exact) mass is 363 g/mol. The highest BCUT2D eigenvalue weighted by molar-refractivity contribution is 6.36. The molecule has 2 aromatic heterocycles. The highest BCUT2D eigenvalue weighted by atomic mass is 35.5. The number of fused-ring (bicyclic) bond motifs is 1. The lowest BCUT2D eigenvalue weighted by molar-refractivity contribution is 0.102. The SMILES string of the molecule is [B]c1cc2c(cc1-c1ccc(NC(=O)c3ncccc3Cl)nc1)OCO2. The number of nitrogens with one attached hydrogen (secondary N) is 1. The summed E-state index contributed by atoms with van der Waals surface area (Å²) >= 11 is 5.97. The second-order valence-electron chi connectivity index (χ2n) is 5.51. The van der Waals surface area contributed by atoms with E-state index in [0.29, 0.717) is 22.8 Å². The summed E-state index contributed by atoms with van der Waals surface area (Å²) in [6.07, 6.45) is 3.11. The summed E-state index contributed by atoms with van der Waals surface area (Å²) in [5.41, 5.74) is 2.25. The smallest absolute Gasteiger partial charge is 0.276 e. The molecule has 0 unspecified atom stereocenters. The number of hydrogen-bond acceptors (Lipinski definition) is 5. The zero-order chi connectivity index (χ0) is 18.1. The van der Waals surface area contributed by atoms with Crippen molar-refractivity contribution in [3.8, 4) is 22.6 Å². The number of halogens is 1. The minimum Gasteiger partial charge on any atom is -0.454 e. The summed E-state index contributed by atoms with van der Waals surface area (Å²) in [7, 11) is 6.08. The molecule has 3 heterocycles. The van der Waals surface area contributed by atoms with Gasteiger partial charge in [0.15, 0.2) is 11.5 Å². The maximum Gasteiger partial charge on any atom is 0.276 e. The van der Waals surface area contributed by atoms with Gasteiger partial charge in [0.1, 0.15) is 19.4 Å². The molecule has 0 spiro atoms. The van der Waals surface area contributed by atoms with Crippen LogP contribution in [0.2, 0.25) is 5.02 Å². The van der Waals surface area contributed by atoms with E-state index < -0.39 is 5.91 Å². The van der Waals surface area contributed by atoms with E-state index in [1.807, 2.05) is 0 Å². The lowest BCUT2D eigenvalue weighted by atomic mass is 9.87. The number of carbonyl (C=O) groups excluding carboxylic acids is 1. The van der Waals surface area contributed by atoms with Gasteiger partial charge < -0.3 is 14.8 Å². The first-order chi connectivity index (χ1) is 12.6. The molecule has 0 atom stereocenters. The molecule has 6 nitrogen and oxygen atoms in total. The molecular weight excluding hydrogens is 352 g/mol. The summed E-state index contributed by atoms with van der Waals surface area (Å²) < 4.78 is 10.7. The first-order valence-corrected chi connectivity index (χ1v) is 8.07. The number of pyridine rings is 2. The van der Waals surface area contributed by atoms with Crippen molar-refractivity contribution in [1.82, 2.24) is 9.97 Å². The number of nitrogens with zero attached hydrogens (tertiary/aromatic N) is 2. The number of ether oxygens (including phenoxy) is 2. The predicted molar refractivity (Wildman–Crippen MR) is 98.4 cm³/mol. The quantitative estimate of drug-likeness (QED) is 0.724. The largest absolute Gasteiger partial charge is 0.454 e. The van der Waals surface area contributed by atoms with Crippen LogP contribution in [0.3, 0.4) is 0 Å². The average molecular weight is 364 g/mol. The Hall–Kier alpha value is -3.06. The summed E-state index contributed by atoms with van der Waals surface area (Å²) in [5, 5.41) is 2.93. The molecule has 0 bridgehead atoms. The van der Waals surface area contributed by atoms with Crippen LogP contribution in [0.25, 0.3) is 11.1 Å². The van der Waals surface area contributed by atoms with Gasteiger partial charge in [-0.3, -0.25) is 4.79 Å². The summed E-state index contributed by atoms with van der Waals surface area (Å²) in [5.74, 6) is 1.20. The van der Waals surface area contributed by atoms with Crippen molar-refractivity contribution in [2.45, 2.75) is 0 Å². The topological polar surface area (TPSA) is 73.3 Å². The number of aromatic nitrogens is 2. The van der Waals surface area contributed by atoms with E-state index in [4.69, 9.17) is 28.9 Å². The molecule has 1 aromatic carbocycles. The van der Waals surface area contributed by atoms with Crippen LogP contribution in [0.4, 0.5) is 5.82 Å². The van der Waals surface area contributed by atoms with E-state index in [1.54, 1.807) is 42.6 Å². The van der Waals surface area contributed by atoms with Crippen molar-refractivity contribution in [2.24, 2.45) is 0 Å². The highest BCUT2D eigenvalue weighted by Gasteiger charge is 2.17. The molecule has 126 valence electrons. The van der Waals surface area contributed by atoms with Crippen LogP contribution in [-0.2, 0) is 0 Å². The third-order valence-corrected chi connectivity index (χ3v) is 4.14. The first-order valence-electron chi connectivity index (χ1n) is 7.69. The summed E-state index contributed by atoms with van der Waals surface area (Å²) in [4.78, 5) is 20.4. The van der Waals surface area contributed by atoms with Gasteiger partial charge in [-0.15, -0.1) is 0 Å². The third-order valence-electron chi connectivity index (χ3n) is 3.83. The van der Waals surface area contributed by atoms with Crippen LogP contribution in [0.15, 0.2) is 48.8 Å². The third kappa shape index (κ3) is 3.09. The molecule has 2 radical (unpaired) electrons. The maximum absolute atomic E-state index is 12.2. The van der Waals surface area contributed by atoms with Crippen LogP contribution in [0.5, 0.6) is 11.5 Å². The lowest BCUT2D eigenvalue weighted by Crippen LogP contribution is -2.15. The summed E-state index contributed by atoms with van der Waals surface area (Å²) in [6.45, 7) is 0.178. The van der Waals surface area contributed by atoms with E-state index >= 15 is 0 Å². The van der Waals surface area contributed by atoms with E-state index in [9.17, 15) is 4.79 Å². The fourth-order valence-corrected chi connectivity index (χ4v) is 2.77. The zero-order valence-corrected chi connectivity index (χ0v) is 14.2. The summed E-state index contributed by atoms with van der Waals surface area (Å²) in [6, 6.07) is 10.3. The Labute approximate surface area is 155 Å². The number of hydrogen-bond donors (Lipinski definition) is 1. The Kier molecular flexibility index (Phi) is 4.22. The number of rotatable bonds is 3. The standard InChI is InChI=1S/C18H11BClN3O3/c19-12-7-15-14(25-9-26-15)6-11(12)10-3-4-16(22-8-10)23-18(24)17-13(20)2-1-5-21-17/h1-8H,9H2,(H,22,23,24). The van der Waals surface area contributed by atoms with Crippen LogP contribution in [0, 0.1) is 0 Å². The van der Waals surface area contributed by atoms with Gasteiger partial charge >= 0.3 is 0 Å². The molecule has 0 fully saturated rings. The number of benzene rings is 1. The second kappa shape index (κ2) is 6.69. The first kappa shape index (κ1) is 16.4. The molecule has 1 aliphatic rings. The highest BCUT2D eigenvalue weighted by Crippen LogP contribution is 2.34. The Balaban J connectivity index is 1.56. The fraction of sp³-hybridized carbons (Fsp3) is 0.0556. The van der Waals surface area contributed by atoms with Gasteiger partial charge in [-0.25, -0.2) is 9.97 Å². The molecule has 0 saturated carbocycles. The van der Waals surface area contributed by atoms with Crippen LogP contribution in [0.1, 0.15) is 10.5 Å². The molecule has 26 heavy (non-hydrogen) atoms. The fourth-order valence-electron chi connectivity index (χ4n) is 2.56. The van der Waals surface area contributed by atoms with E-state index in [-0.39, 0.29) is 17.5 Å². The minimum atomic E-state index is -0.432.